The maximum absolute atomic E-state index is 12.8. The standard InChI is InChI=1S/C19H22F3NO4S/c1-27-17(24)18-8-11-6-12(9-18)16(13(7-11)10-18)23-28(25,26)15-4-2-14(3-5-15)19(20,21)22/h2-5,11-13,16,23H,6-10H2,1H3. The largest absolute Gasteiger partial charge is 0.469 e. The highest BCUT2D eigenvalue weighted by molar-refractivity contribution is 7.89. The predicted molar refractivity (Wildman–Crippen MR) is 93.6 cm³/mol. The van der Waals surface area contributed by atoms with Gasteiger partial charge in [-0.15, -0.1) is 0 Å². The van der Waals surface area contributed by atoms with Crippen molar-refractivity contribution in [1.82, 2.24) is 4.72 Å². The summed E-state index contributed by atoms with van der Waals surface area (Å²) >= 11 is 0. The van der Waals surface area contributed by atoms with Crippen LogP contribution in [-0.2, 0) is 25.7 Å². The zero-order chi connectivity index (χ0) is 20.3. The molecule has 4 aliphatic carbocycles. The number of carbonyl (C=O) groups is 1. The summed E-state index contributed by atoms with van der Waals surface area (Å²) in [7, 11) is -2.57. The van der Waals surface area contributed by atoms with Crippen LogP contribution in [0, 0.1) is 23.2 Å². The molecule has 4 bridgehead atoms. The summed E-state index contributed by atoms with van der Waals surface area (Å²) in [5.41, 5.74) is -1.40. The summed E-state index contributed by atoms with van der Waals surface area (Å²) in [6, 6.07) is 3.21. The van der Waals surface area contributed by atoms with Crippen LogP contribution < -0.4 is 4.72 Å². The van der Waals surface area contributed by atoms with E-state index in [2.05, 4.69) is 4.72 Å². The number of esters is 1. The minimum absolute atomic E-state index is 0.0366. The summed E-state index contributed by atoms with van der Waals surface area (Å²) in [6.07, 6.45) is -0.824. The quantitative estimate of drug-likeness (QED) is 0.763. The van der Waals surface area contributed by atoms with E-state index in [1.165, 1.54) is 7.11 Å². The Kier molecular flexibility index (Phi) is 4.54. The topological polar surface area (TPSA) is 72.5 Å². The Morgan fingerprint density at radius 2 is 1.68 bits per heavy atom. The van der Waals surface area contributed by atoms with Crippen LogP contribution >= 0.6 is 0 Å². The number of halogens is 3. The molecular weight excluding hydrogens is 395 g/mol. The summed E-state index contributed by atoms with van der Waals surface area (Å²) < 4.78 is 71.4. The van der Waals surface area contributed by atoms with Gasteiger partial charge >= 0.3 is 12.1 Å². The first-order valence-electron chi connectivity index (χ1n) is 9.32. The summed E-state index contributed by atoms with van der Waals surface area (Å²) in [6.45, 7) is 0. The number of methoxy groups -OCH3 is 1. The lowest BCUT2D eigenvalue weighted by atomic mass is 9.48. The van der Waals surface area contributed by atoms with Gasteiger partial charge in [0.1, 0.15) is 0 Å². The van der Waals surface area contributed by atoms with Crippen molar-refractivity contribution in [3.05, 3.63) is 29.8 Å². The van der Waals surface area contributed by atoms with Crippen LogP contribution in [0.4, 0.5) is 13.2 Å². The van der Waals surface area contributed by atoms with E-state index < -0.39 is 27.2 Å². The first-order valence-corrected chi connectivity index (χ1v) is 10.8. The Morgan fingerprint density at radius 1 is 1.11 bits per heavy atom. The fourth-order valence-corrected chi connectivity index (χ4v) is 7.13. The maximum Gasteiger partial charge on any atom is 0.416 e. The van der Waals surface area contributed by atoms with Gasteiger partial charge in [-0.05, 0) is 74.1 Å². The SMILES string of the molecule is COC(=O)C12CC3CC(C1)C(NS(=O)(=O)c1ccc(C(F)(F)F)cc1)C(C3)C2. The summed E-state index contributed by atoms with van der Waals surface area (Å²) in [5, 5.41) is 0. The van der Waals surface area contributed by atoms with Crippen molar-refractivity contribution in [2.75, 3.05) is 7.11 Å². The number of hydrogen-bond acceptors (Lipinski definition) is 4. The van der Waals surface area contributed by atoms with Gasteiger partial charge in [0.05, 0.1) is 23.0 Å². The van der Waals surface area contributed by atoms with Crippen molar-refractivity contribution < 1.29 is 31.1 Å². The molecule has 1 N–H and O–H groups in total. The van der Waals surface area contributed by atoms with Crippen molar-refractivity contribution in [1.29, 1.82) is 0 Å². The molecule has 28 heavy (non-hydrogen) atoms. The fourth-order valence-electron chi connectivity index (χ4n) is 5.75. The van der Waals surface area contributed by atoms with Crippen LogP contribution in [0.1, 0.15) is 37.7 Å². The van der Waals surface area contributed by atoms with Crippen molar-refractivity contribution in [2.24, 2.45) is 23.2 Å². The van der Waals surface area contributed by atoms with E-state index in [0.29, 0.717) is 18.8 Å². The number of nitrogens with one attached hydrogen (secondary N) is 1. The highest BCUT2D eigenvalue weighted by Gasteiger charge is 2.59. The first kappa shape index (κ1) is 19.7. The molecule has 4 fully saturated rings. The Morgan fingerprint density at radius 3 is 2.18 bits per heavy atom. The van der Waals surface area contributed by atoms with Crippen LogP contribution in [0.15, 0.2) is 29.2 Å². The minimum Gasteiger partial charge on any atom is -0.469 e. The van der Waals surface area contributed by atoms with E-state index >= 15 is 0 Å². The minimum atomic E-state index is -4.51. The maximum atomic E-state index is 12.8. The second kappa shape index (κ2) is 6.45. The monoisotopic (exact) mass is 417 g/mol. The third-order valence-corrected chi connectivity index (χ3v) is 8.15. The van der Waals surface area contributed by atoms with E-state index in [1.54, 1.807) is 0 Å². The van der Waals surface area contributed by atoms with Gasteiger partial charge < -0.3 is 4.74 Å². The fraction of sp³-hybridized carbons (Fsp3) is 0.632. The molecule has 5 nitrogen and oxygen atoms in total. The molecule has 0 saturated heterocycles. The lowest BCUT2D eigenvalue weighted by Crippen LogP contribution is -2.61. The van der Waals surface area contributed by atoms with E-state index in [9.17, 15) is 26.4 Å². The molecule has 0 aromatic heterocycles. The van der Waals surface area contributed by atoms with Crippen molar-refractivity contribution >= 4 is 16.0 Å². The van der Waals surface area contributed by atoms with Gasteiger partial charge in [0.2, 0.25) is 10.0 Å². The van der Waals surface area contributed by atoms with E-state index in [0.717, 1.165) is 43.5 Å². The highest BCUT2D eigenvalue weighted by Crippen LogP contribution is 2.60. The second-order valence-electron chi connectivity index (χ2n) is 8.41. The molecule has 9 heteroatoms. The van der Waals surface area contributed by atoms with Gasteiger partial charge in [-0.1, -0.05) is 0 Å². The van der Waals surface area contributed by atoms with Gasteiger partial charge in [0.25, 0.3) is 0 Å². The van der Waals surface area contributed by atoms with Crippen molar-refractivity contribution in [3.63, 3.8) is 0 Å². The molecule has 0 aliphatic heterocycles. The van der Waals surface area contributed by atoms with Crippen molar-refractivity contribution in [2.45, 2.75) is 49.2 Å². The molecule has 0 heterocycles. The Balaban J connectivity index is 1.54. The Hall–Kier alpha value is -1.61. The molecule has 154 valence electrons. The zero-order valence-corrected chi connectivity index (χ0v) is 16.1. The number of sulfonamides is 1. The molecule has 4 saturated carbocycles. The van der Waals surface area contributed by atoms with Crippen LogP contribution in [-0.4, -0.2) is 27.5 Å². The average molecular weight is 417 g/mol. The molecule has 0 radical (unpaired) electrons. The molecule has 1 aromatic rings. The van der Waals surface area contributed by atoms with Gasteiger partial charge in [-0.3, -0.25) is 4.79 Å². The van der Waals surface area contributed by atoms with Gasteiger partial charge in [-0.2, -0.15) is 13.2 Å². The Labute approximate surface area is 161 Å². The number of rotatable bonds is 4. The molecule has 2 atom stereocenters. The molecule has 4 aliphatic rings. The van der Waals surface area contributed by atoms with Crippen LogP contribution in [0.25, 0.3) is 0 Å². The summed E-state index contributed by atoms with van der Waals surface area (Å²) in [5.74, 6) is 0.253. The first-order chi connectivity index (χ1) is 13.0. The second-order valence-corrected chi connectivity index (χ2v) is 10.1. The number of ether oxygens (including phenoxy) is 1. The predicted octanol–water partition coefficient (Wildman–Crippen LogP) is 3.35. The smallest absolute Gasteiger partial charge is 0.416 e. The molecule has 2 unspecified atom stereocenters. The normalized spacial score (nSPS) is 34.4. The number of alkyl halides is 3. The molecule has 0 amide bonds. The number of carbonyl (C=O) groups excluding carboxylic acids is 1. The lowest BCUT2D eigenvalue weighted by molar-refractivity contribution is -0.170. The lowest BCUT2D eigenvalue weighted by Gasteiger charge is -2.58. The number of benzene rings is 1. The average Bonchev–Trinajstić information content (AvgIpc) is 2.63. The van der Waals surface area contributed by atoms with Gasteiger partial charge in [0, 0.05) is 6.04 Å². The van der Waals surface area contributed by atoms with E-state index in [4.69, 9.17) is 4.74 Å². The molecular formula is C19H22F3NO4S. The van der Waals surface area contributed by atoms with Gasteiger partial charge in [-0.25, -0.2) is 13.1 Å². The third-order valence-electron chi connectivity index (χ3n) is 6.67. The summed E-state index contributed by atoms with van der Waals surface area (Å²) in [4.78, 5) is 12.2. The van der Waals surface area contributed by atoms with Crippen LogP contribution in [0.2, 0.25) is 0 Å². The molecule has 0 spiro atoms. The highest BCUT2D eigenvalue weighted by atomic mass is 32.2. The third kappa shape index (κ3) is 3.22. The van der Waals surface area contributed by atoms with Crippen LogP contribution in [0.5, 0.6) is 0 Å². The zero-order valence-electron chi connectivity index (χ0n) is 15.3. The van der Waals surface area contributed by atoms with Crippen molar-refractivity contribution in [3.8, 4) is 0 Å². The molecule has 5 rings (SSSR count). The van der Waals surface area contributed by atoms with E-state index in [-0.39, 0.29) is 28.7 Å². The van der Waals surface area contributed by atoms with E-state index in [1.807, 2.05) is 0 Å². The number of hydrogen-bond donors (Lipinski definition) is 1. The molecule has 1 aromatic carbocycles. The van der Waals surface area contributed by atoms with Gasteiger partial charge in [0.15, 0.2) is 0 Å². The Bertz CT molecular complexity index is 865. The van der Waals surface area contributed by atoms with Crippen LogP contribution in [0.3, 0.4) is 0 Å².